The number of ether oxygens (including phenoxy) is 1. The van der Waals surface area contributed by atoms with Crippen molar-refractivity contribution in [2.45, 2.75) is 18.5 Å². The first-order valence-electron chi connectivity index (χ1n) is 8.99. The third kappa shape index (κ3) is 3.56. The van der Waals surface area contributed by atoms with Crippen LogP contribution in [0.3, 0.4) is 0 Å². The summed E-state index contributed by atoms with van der Waals surface area (Å²) >= 11 is 0. The van der Waals surface area contributed by atoms with E-state index >= 15 is 0 Å². The van der Waals surface area contributed by atoms with Gasteiger partial charge in [0.2, 0.25) is 0 Å². The molecule has 0 amide bonds. The maximum atomic E-state index is 13.4. The zero-order valence-electron chi connectivity index (χ0n) is 15.1. The number of hydrogen-bond acceptors (Lipinski definition) is 3. The van der Waals surface area contributed by atoms with E-state index in [1.165, 1.54) is 12.1 Å². The molecule has 1 heterocycles. The van der Waals surface area contributed by atoms with E-state index in [0.29, 0.717) is 5.75 Å². The SMILES string of the molecule is C[C@@]1(c2ccccc2)N=C(COc2cccc(F)c2)N[C@@H]1c1ccccc1. The largest absolute Gasteiger partial charge is 0.486 e. The summed E-state index contributed by atoms with van der Waals surface area (Å²) in [6.07, 6.45) is 0. The van der Waals surface area contributed by atoms with Gasteiger partial charge in [-0.05, 0) is 30.2 Å². The van der Waals surface area contributed by atoms with Crippen LogP contribution in [0.5, 0.6) is 5.75 Å². The molecule has 1 N–H and O–H groups in total. The number of nitrogens with one attached hydrogen (secondary N) is 1. The normalized spacial score (nSPS) is 21.4. The first kappa shape index (κ1) is 17.3. The van der Waals surface area contributed by atoms with Gasteiger partial charge >= 0.3 is 0 Å². The van der Waals surface area contributed by atoms with Gasteiger partial charge in [0.05, 0.1) is 6.04 Å². The highest BCUT2D eigenvalue weighted by molar-refractivity contribution is 5.87. The molecule has 3 nitrogen and oxygen atoms in total. The first-order valence-corrected chi connectivity index (χ1v) is 8.99. The molecule has 0 spiro atoms. The topological polar surface area (TPSA) is 33.6 Å². The Labute approximate surface area is 158 Å². The Morgan fingerprint density at radius 2 is 1.67 bits per heavy atom. The van der Waals surface area contributed by atoms with Gasteiger partial charge in [0, 0.05) is 6.07 Å². The minimum absolute atomic E-state index is 0.00721. The Balaban J connectivity index is 1.62. The van der Waals surface area contributed by atoms with Crippen LogP contribution in [0.2, 0.25) is 0 Å². The highest BCUT2D eigenvalue weighted by Crippen LogP contribution is 2.41. The van der Waals surface area contributed by atoms with Gasteiger partial charge in [-0.2, -0.15) is 0 Å². The van der Waals surface area contributed by atoms with Gasteiger partial charge in [0.15, 0.2) is 0 Å². The number of hydrogen-bond donors (Lipinski definition) is 1. The van der Waals surface area contributed by atoms with Crippen molar-refractivity contribution < 1.29 is 9.13 Å². The molecular formula is C23H21FN2O. The number of rotatable bonds is 5. The molecule has 0 unspecified atom stereocenters. The first-order chi connectivity index (χ1) is 13.1. The fraction of sp³-hybridized carbons (Fsp3) is 0.174. The second-order valence-electron chi connectivity index (χ2n) is 6.81. The average molecular weight is 360 g/mol. The summed E-state index contributed by atoms with van der Waals surface area (Å²) in [5, 5.41) is 3.51. The van der Waals surface area contributed by atoms with Crippen molar-refractivity contribution in [2.75, 3.05) is 6.61 Å². The van der Waals surface area contributed by atoms with E-state index in [1.807, 2.05) is 36.4 Å². The summed E-state index contributed by atoms with van der Waals surface area (Å²) in [5.41, 5.74) is 1.84. The van der Waals surface area contributed by atoms with Crippen LogP contribution in [0.25, 0.3) is 0 Å². The maximum Gasteiger partial charge on any atom is 0.145 e. The molecule has 136 valence electrons. The molecule has 3 aromatic carbocycles. The zero-order chi connectivity index (χ0) is 18.7. The van der Waals surface area contributed by atoms with Crippen molar-refractivity contribution in [3.8, 4) is 5.75 Å². The molecule has 0 aliphatic carbocycles. The Morgan fingerprint density at radius 3 is 2.37 bits per heavy atom. The quantitative estimate of drug-likeness (QED) is 0.705. The molecule has 3 aromatic rings. The van der Waals surface area contributed by atoms with Gasteiger partial charge in [0.25, 0.3) is 0 Å². The second kappa shape index (κ2) is 7.23. The molecule has 0 saturated carbocycles. The maximum absolute atomic E-state index is 13.4. The second-order valence-corrected chi connectivity index (χ2v) is 6.81. The molecule has 0 bridgehead atoms. The number of halogens is 1. The fourth-order valence-corrected chi connectivity index (χ4v) is 3.53. The van der Waals surface area contributed by atoms with Crippen molar-refractivity contribution in [2.24, 2.45) is 4.99 Å². The van der Waals surface area contributed by atoms with Crippen LogP contribution < -0.4 is 10.1 Å². The third-order valence-electron chi connectivity index (χ3n) is 4.90. The van der Waals surface area contributed by atoms with Crippen molar-refractivity contribution in [1.82, 2.24) is 5.32 Å². The molecule has 0 fully saturated rings. The smallest absolute Gasteiger partial charge is 0.145 e. The van der Waals surface area contributed by atoms with E-state index in [0.717, 1.165) is 17.0 Å². The number of nitrogens with zero attached hydrogens (tertiary/aromatic N) is 1. The van der Waals surface area contributed by atoms with Crippen molar-refractivity contribution in [3.63, 3.8) is 0 Å². The predicted molar refractivity (Wildman–Crippen MR) is 105 cm³/mol. The Bertz CT molecular complexity index is 943. The van der Waals surface area contributed by atoms with E-state index in [9.17, 15) is 4.39 Å². The average Bonchev–Trinajstić information content (AvgIpc) is 3.06. The number of amidine groups is 1. The standard InChI is InChI=1S/C23H21FN2O/c1-23(18-11-6-3-7-12-18)22(17-9-4-2-5-10-17)25-21(26-23)16-27-20-14-8-13-19(24)15-20/h2-15,22H,16H2,1H3,(H,25,26)/t22-,23+/m1/s1. The minimum Gasteiger partial charge on any atom is -0.486 e. The van der Waals surface area contributed by atoms with Gasteiger partial charge in [-0.15, -0.1) is 0 Å². The molecule has 4 rings (SSSR count). The molecule has 4 heteroatoms. The Kier molecular flexibility index (Phi) is 4.63. The van der Waals surface area contributed by atoms with Crippen molar-refractivity contribution in [1.29, 1.82) is 0 Å². The van der Waals surface area contributed by atoms with E-state index in [2.05, 4.69) is 36.5 Å². The predicted octanol–water partition coefficient (Wildman–Crippen LogP) is 4.86. The molecule has 1 aliphatic rings. The highest BCUT2D eigenvalue weighted by atomic mass is 19.1. The molecule has 0 saturated heterocycles. The van der Waals surface area contributed by atoms with Crippen LogP contribution in [0.15, 0.2) is 89.9 Å². The summed E-state index contributed by atoms with van der Waals surface area (Å²) in [5.74, 6) is 0.925. The van der Waals surface area contributed by atoms with Gasteiger partial charge < -0.3 is 10.1 Å². The summed E-state index contributed by atoms with van der Waals surface area (Å²) in [4.78, 5) is 4.97. The van der Waals surface area contributed by atoms with Crippen LogP contribution in [0.1, 0.15) is 24.1 Å². The third-order valence-corrected chi connectivity index (χ3v) is 4.90. The van der Waals surface area contributed by atoms with Crippen molar-refractivity contribution >= 4 is 5.84 Å². The Hall–Kier alpha value is -3.14. The van der Waals surface area contributed by atoms with E-state index in [1.54, 1.807) is 12.1 Å². The summed E-state index contributed by atoms with van der Waals surface area (Å²) < 4.78 is 19.1. The van der Waals surface area contributed by atoms with Crippen LogP contribution in [-0.2, 0) is 5.54 Å². The fourth-order valence-electron chi connectivity index (χ4n) is 3.53. The van der Waals surface area contributed by atoms with Gasteiger partial charge in [-0.3, -0.25) is 4.99 Å². The van der Waals surface area contributed by atoms with Crippen LogP contribution in [-0.4, -0.2) is 12.4 Å². The molecule has 0 aromatic heterocycles. The monoisotopic (exact) mass is 360 g/mol. The molecule has 2 atom stereocenters. The summed E-state index contributed by atoms with van der Waals surface area (Å²) in [7, 11) is 0. The number of aliphatic imine (C=N–C) groups is 1. The van der Waals surface area contributed by atoms with Gasteiger partial charge in [-0.1, -0.05) is 66.7 Å². The van der Waals surface area contributed by atoms with Gasteiger partial charge in [-0.25, -0.2) is 4.39 Å². The lowest BCUT2D eigenvalue weighted by atomic mass is 9.82. The lowest BCUT2D eigenvalue weighted by Crippen LogP contribution is -2.34. The molecule has 0 radical (unpaired) electrons. The zero-order valence-corrected chi connectivity index (χ0v) is 15.1. The molecular weight excluding hydrogens is 339 g/mol. The van der Waals surface area contributed by atoms with E-state index in [-0.39, 0.29) is 18.5 Å². The van der Waals surface area contributed by atoms with Crippen LogP contribution in [0.4, 0.5) is 4.39 Å². The van der Waals surface area contributed by atoms with Gasteiger partial charge in [0.1, 0.15) is 29.5 Å². The molecule has 1 aliphatic heterocycles. The summed E-state index contributed by atoms with van der Waals surface area (Å²) in [6, 6.07) is 26.7. The minimum atomic E-state index is -0.455. The van der Waals surface area contributed by atoms with Crippen LogP contribution in [0, 0.1) is 5.82 Å². The molecule has 27 heavy (non-hydrogen) atoms. The highest BCUT2D eigenvalue weighted by Gasteiger charge is 2.42. The van der Waals surface area contributed by atoms with Crippen molar-refractivity contribution in [3.05, 3.63) is 102 Å². The van der Waals surface area contributed by atoms with E-state index in [4.69, 9.17) is 9.73 Å². The Morgan fingerprint density at radius 1 is 0.963 bits per heavy atom. The summed E-state index contributed by atoms with van der Waals surface area (Å²) in [6.45, 7) is 2.39. The van der Waals surface area contributed by atoms with E-state index < -0.39 is 5.54 Å². The lowest BCUT2D eigenvalue weighted by Gasteiger charge is -2.30. The van der Waals surface area contributed by atoms with Crippen LogP contribution >= 0.6 is 0 Å². The lowest BCUT2D eigenvalue weighted by molar-refractivity contribution is 0.369. The number of benzene rings is 3.